The fourth-order valence-corrected chi connectivity index (χ4v) is 2.82. The van der Waals surface area contributed by atoms with Gasteiger partial charge in [-0.05, 0) is 51.5 Å². The Hall–Kier alpha value is -1.61. The number of thiophene rings is 1. The van der Waals surface area contributed by atoms with E-state index in [2.05, 4.69) is 0 Å². The zero-order chi connectivity index (χ0) is 14.0. The fourth-order valence-electron chi connectivity index (χ4n) is 1.83. The van der Waals surface area contributed by atoms with E-state index in [0.29, 0.717) is 11.3 Å². The minimum atomic E-state index is 0.0393. The predicted octanol–water partition coefficient (Wildman–Crippen LogP) is 4.38. The largest absolute Gasteiger partial charge is 0.490 e. The lowest BCUT2D eigenvalue weighted by molar-refractivity contribution is 0.103. The van der Waals surface area contributed by atoms with Crippen LogP contribution in [0.1, 0.15) is 39.5 Å². The lowest BCUT2D eigenvalue weighted by Gasteiger charge is -2.12. The molecule has 0 aliphatic heterocycles. The number of ketones is 1. The number of ether oxygens (including phenoxy) is 1. The van der Waals surface area contributed by atoms with Crippen molar-refractivity contribution in [3.8, 4) is 5.75 Å². The summed E-state index contributed by atoms with van der Waals surface area (Å²) in [6.07, 6.45) is 0.0563. The Morgan fingerprint density at radius 2 is 1.89 bits per heavy atom. The van der Waals surface area contributed by atoms with E-state index in [1.807, 2.05) is 58.0 Å². The molecule has 1 aromatic carbocycles. The van der Waals surface area contributed by atoms with Crippen LogP contribution in [0.2, 0.25) is 0 Å². The van der Waals surface area contributed by atoms with Crippen LogP contribution in [0.3, 0.4) is 0 Å². The van der Waals surface area contributed by atoms with Gasteiger partial charge in [0.05, 0.1) is 16.5 Å². The first-order valence-electron chi connectivity index (χ1n) is 6.36. The number of aryl methyl sites for hydroxylation is 2. The van der Waals surface area contributed by atoms with Crippen LogP contribution >= 0.6 is 11.3 Å². The van der Waals surface area contributed by atoms with Gasteiger partial charge in [-0.3, -0.25) is 4.79 Å². The Morgan fingerprint density at radius 3 is 2.47 bits per heavy atom. The zero-order valence-corrected chi connectivity index (χ0v) is 12.5. The van der Waals surface area contributed by atoms with Crippen LogP contribution in [0, 0.1) is 13.8 Å². The third-order valence-electron chi connectivity index (χ3n) is 2.88. The van der Waals surface area contributed by atoms with Gasteiger partial charge in [0.1, 0.15) is 5.75 Å². The molecule has 2 nitrogen and oxygen atoms in total. The van der Waals surface area contributed by atoms with E-state index in [0.717, 1.165) is 10.4 Å². The molecule has 3 heteroatoms. The van der Waals surface area contributed by atoms with Crippen LogP contribution in [0.5, 0.6) is 5.75 Å². The molecule has 19 heavy (non-hydrogen) atoms. The Morgan fingerprint density at radius 1 is 1.21 bits per heavy atom. The molecule has 1 heterocycles. The molecule has 0 spiro atoms. The quantitative estimate of drug-likeness (QED) is 0.773. The van der Waals surface area contributed by atoms with Gasteiger partial charge in [0.2, 0.25) is 5.78 Å². The van der Waals surface area contributed by atoms with Crippen LogP contribution in [-0.4, -0.2) is 11.9 Å². The molecule has 1 aromatic heterocycles. The SMILES string of the molecule is Cc1cc(C(=O)c2ccccc2OC(C)C)sc1C. The zero-order valence-electron chi connectivity index (χ0n) is 11.7. The lowest BCUT2D eigenvalue weighted by Crippen LogP contribution is -2.10. The second-order valence-electron chi connectivity index (χ2n) is 4.84. The van der Waals surface area contributed by atoms with Gasteiger partial charge in [0.15, 0.2) is 0 Å². The van der Waals surface area contributed by atoms with Crippen molar-refractivity contribution >= 4 is 17.1 Å². The number of rotatable bonds is 4. The molecule has 2 rings (SSSR count). The average molecular weight is 274 g/mol. The van der Waals surface area contributed by atoms with Crippen molar-refractivity contribution in [2.24, 2.45) is 0 Å². The highest BCUT2D eigenvalue weighted by atomic mass is 32.1. The molecule has 0 atom stereocenters. The van der Waals surface area contributed by atoms with Gasteiger partial charge in [0.25, 0.3) is 0 Å². The van der Waals surface area contributed by atoms with E-state index >= 15 is 0 Å². The van der Waals surface area contributed by atoms with Crippen LogP contribution in [0.4, 0.5) is 0 Å². The number of para-hydroxylation sites is 1. The molecule has 100 valence electrons. The van der Waals surface area contributed by atoms with Gasteiger partial charge < -0.3 is 4.74 Å². The van der Waals surface area contributed by atoms with E-state index in [-0.39, 0.29) is 11.9 Å². The van der Waals surface area contributed by atoms with Crippen molar-refractivity contribution in [1.82, 2.24) is 0 Å². The second-order valence-corrected chi connectivity index (χ2v) is 6.10. The molecule has 0 bridgehead atoms. The van der Waals surface area contributed by atoms with E-state index in [9.17, 15) is 4.79 Å². The van der Waals surface area contributed by atoms with E-state index in [1.54, 1.807) is 0 Å². The van der Waals surface area contributed by atoms with Gasteiger partial charge in [-0.2, -0.15) is 0 Å². The Bertz CT molecular complexity index is 577. The highest BCUT2D eigenvalue weighted by Gasteiger charge is 2.17. The van der Waals surface area contributed by atoms with Crippen molar-refractivity contribution < 1.29 is 9.53 Å². The third kappa shape index (κ3) is 3.04. The molecule has 0 N–H and O–H groups in total. The van der Waals surface area contributed by atoms with Gasteiger partial charge in [0, 0.05) is 4.88 Å². The van der Waals surface area contributed by atoms with Gasteiger partial charge >= 0.3 is 0 Å². The number of hydrogen-bond acceptors (Lipinski definition) is 3. The molecule has 0 saturated carbocycles. The first kappa shape index (κ1) is 13.8. The molecule has 0 radical (unpaired) electrons. The average Bonchev–Trinajstić information content (AvgIpc) is 2.69. The summed E-state index contributed by atoms with van der Waals surface area (Å²) in [4.78, 5) is 14.5. The molecule has 0 aliphatic carbocycles. The van der Waals surface area contributed by atoms with Gasteiger partial charge in [-0.1, -0.05) is 12.1 Å². The highest BCUT2D eigenvalue weighted by molar-refractivity contribution is 7.14. The summed E-state index contributed by atoms with van der Waals surface area (Å²) in [5.41, 5.74) is 1.80. The molecule has 0 amide bonds. The van der Waals surface area contributed by atoms with Crippen LogP contribution in [0.25, 0.3) is 0 Å². The van der Waals surface area contributed by atoms with Crippen molar-refractivity contribution in [2.75, 3.05) is 0 Å². The molecule has 0 aliphatic rings. The van der Waals surface area contributed by atoms with Crippen LogP contribution < -0.4 is 4.74 Å². The molecule has 0 unspecified atom stereocenters. The van der Waals surface area contributed by atoms with Crippen LogP contribution in [0.15, 0.2) is 30.3 Å². The second kappa shape index (κ2) is 5.57. The summed E-state index contributed by atoms with van der Waals surface area (Å²) in [6.45, 7) is 7.98. The van der Waals surface area contributed by atoms with Gasteiger partial charge in [-0.15, -0.1) is 11.3 Å². The Labute approximate surface area is 118 Å². The number of hydrogen-bond donors (Lipinski definition) is 0. The summed E-state index contributed by atoms with van der Waals surface area (Å²) in [5, 5.41) is 0. The molecule has 0 fully saturated rings. The van der Waals surface area contributed by atoms with Crippen molar-refractivity contribution in [3.63, 3.8) is 0 Å². The van der Waals surface area contributed by atoms with Crippen LogP contribution in [-0.2, 0) is 0 Å². The number of carbonyl (C=O) groups excluding carboxylic acids is 1. The number of benzene rings is 1. The Balaban J connectivity index is 2.38. The summed E-state index contributed by atoms with van der Waals surface area (Å²) < 4.78 is 5.71. The first-order chi connectivity index (χ1) is 8.99. The summed E-state index contributed by atoms with van der Waals surface area (Å²) in [6, 6.07) is 9.38. The molecule has 2 aromatic rings. The maximum absolute atomic E-state index is 12.5. The molecular weight excluding hydrogens is 256 g/mol. The van der Waals surface area contributed by atoms with E-state index < -0.39 is 0 Å². The standard InChI is InChI=1S/C16H18O2S/c1-10(2)18-14-8-6-5-7-13(14)16(17)15-9-11(3)12(4)19-15/h5-10H,1-4H3. The lowest BCUT2D eigenvalue weighted by atomic mass is 10.1. The van der Waals surface area contributed by atoms with E-state index in [4.69, 9.17) is 4.74 Å². The van der Waals surface area contributed by atoms with Crippen molar-refractivity contribution in [1.29, 1.82) is 0 Å². The topological polar surface area (TPSA) is 26.3 Å². The smallest absolute Gasteiger partial charge is 0.206 e. The number of carbonyl (C=O) groups is 1. The van der Waals surface area contributed by atoms with Crippen molar-refractivity contribution in [2.45, 2.75) is 33.8 Å². The third-order valence-corrected chi connectivity index (χ3v) is 4.04. The fraction of sp³-hybridized carbons (Fsp3) is 0.312. The summed E-state index contributed by atoms with van der Waals surface area (Å²) in [5.74, 6) is 0.698. The summed E-state index contributed by atoms with van der Waals surface area (Å²) in [7, 11) is 0. The highest BCUT2D eigenvalue weighted by Crippen LogP contribution is 2.27. The summed E-state index contributed by atoms with van der Waals surface area (Å²) >= 11 is 1.54. The predicted molar refractivity (Wildman–Crippen MR) is 79.4 cm³/mol. The van der Waals surface area contributed by atoms with E-state index in [1.165, 1.54) is 16.2 Å². The monoisotopic (exact) mass is 274 g/mol. The minimum Gasteiger partial charge on any atom is -0.490 e. The normalized spacial score (nSPS) is 10.8. The van der Waals surface area contributed by atoms with Gasteiger partial charge in [-0.25, -0.2) is 0 Å². The molecular formula is C16H18O2S. The maximum atomic E-state index is 12.5. The maximum Gasteiger partial charge on any atom is 0.206 e. The molecule has 0 saturated heterocycles. The van der Waals surface area contributed by atoms with Crippen molar-refractivity contribution in [3.05, 3.63) is 51.2 Å². The Kier molecular flexibility index (Phi) is 4.05. The minimum absolute atomic E-state index is 0.0393. The first-order valence-corrected chi connectivity index (χ1v) is 7.18.